The Labute approximate surface area is 122 Å². The van der Waals surface area contributed by atoms with Gasteiger partial charge >= 0.3 is 0 Å². The Bertz CT molecular complexity index is 725. The number of nitrogens with zero attached hydrogens (tertiary/aromatic N) is 4. The van der Waals surface area contributed by atoms with Gasteiger partial charge in [0.2, 0.25) is 0 Å². The van der Waals surface area contributed by atoms with Gasteiger partial charge in [0.1, 0.15) is 23.6 Å². The first kappa shape index (κ1) is 13.6. The molecule has 0 aliphatic heterocycles. The number of aryl methyl sites for hydroxylation is 2. The summed E-state index contributed by atoms with van der Waals surface area (Å²) in [5, 5.41) is 18.5. The third kappa shape index (κ3) is 2.73. The maximum atomic E-state index is 5.64. The standard InChI is InChI=1S/C14H18N6O/c1-9-4-5-12(21-9)13-11(7-16-18-13)6-15-10(2)14-19-17-8-20(14)3/h4-5,7-8,10,15H,6H2,1-3H3,(H,16,18). The number of H-pyrrole nitrogens is 1. The zero-order valence-corrected chi connectivity index (χ0v) is 12.3. The topological polar surface area (TPSA) is 84.6 Å². The molecule has 0 bridgehead atoms. The highest BCUT2D eigenvalue weighted by atomic mass is 16.3. The molecule has 1 atom stereocenters. The minimum atomic E-state index is 0.0959. The van der Waals surface area contributed by atoms with E-state index in [0.717, 1.165) is 28.6 Å². The normalized spacial score (nSPS) is 12.7. The lowest BCUT2D eigenvalue weighted by Crippen LogP contribution is -2.21. The third-order valence-corrected chi connectivity index (χ3v) is 3.44. The van der Waals surface area contributed by atoms with E-state index in [2.05, 4.69) is 32.6 Å². The maximum Gasteiger partial charge on any atom is 0.152 e. The van der Waals surface area contributed by atoms with Crippen molar-refractivity contribution in [2.45, 2.75) is 26.4 Å². The summed E-state index contributed by atoms with van der Waals surface area (Å²) in [6, 6.07) is 3.98. The minimum absolute atomic E-state index is 0.0959. The smallest absolute Gasteiger partial charge is 0.152 e. The summed E-state index contributed by atoms with van der Waals surface area (Å²) in [4.78, 5) is 0. The molecule has 0 saturated heterocycles. The van der Waals surface area contributed by atoms with Crippen LogP contribution in [0.2, 0.25) is 0 Å². The molecule has 1 unspecified atom stereocenters. The molecule has 0 aromatic carbocycles. The van der Waals surface area contributed by atoms with E-state index in [1.807, 2.05) is 36.9 Å². The van der Waals surface area contributed by atoms with Gasteiger partial charge in [0, 0.05) is 19.2 Å². The summed E-state index contributed by atoms with van der Waals surface area (Å²) in [6.45, 7) is 4.65. The molecular formula is C14H18N6O. The van der Waals surface area contributed by atoms with Gasteiger partial charge in [-0.25, -0.2) is 0 Å². The van der Waals surface area contributed by atoms with E-state index in [9.17, 15) is 0 Å². The second kappa shape index (κ2) is 5.53. The van der Waals surface area contributed by atoms with Gasteiger partial charge in [-0.2, -0.15) is 5.10 Å². The molecule has 110 valence electrons. The van der Waals surface area contributed by atoms with E-state index in [-0.39, 0.29) is 6.04 Å². The predicted octanol–water partition coefficient (Wildman–Crippen LogP) is 1.96. The number of rotatable bonds is 5. The van der Waals surface area contributed by atoms with Crippen LogP contribution in [0.25, 0.3) is 11.5 Å². The lowest BCUT2D eigenvalue weighted by molar-refractivity contribution is 0.525. The zero-order valence-electron chi connectivity index (χ0n) is 12.3. The van der Waals surface area contributed by atoms with Crippen molar-refractivity contribution in [1.82, 2.24) is 30.3 Å². The van der Waals surface area contributed by atoms with Gasteiger partial charge in [-0.05, 0) is 26.0 Å². The summed E-state index contributed by atoms with van der Waals surface area (Å²) >= 11 is 0. The fraction of sp³-hybridized carbons (Fsp3) is 0.357. The largest absolute Gasteiger partial charge is 0.460 e. The molecule has 0 aliphatic rings. The first-order chi connectivity index (χ1) is 10.1. The summed E-state index contributed by atoms with van der Waals surface area (Å²) in [5.74, 6) is 2.58. The third-order valence-electron chi connectivity index (χ3n) is 3.44. The van der Waals surface area contributed by atoms with Crippen LogP contribution in [0.5, 0.6) is 0 Å². The van der Waals surface area contributed by atoms with Crippen LogP contribution >= 0.6 is 0 Å². The van der Waals surface area contributed by atoms with Crippen molar-refractivity contribution in [3.63, 3.8) is 0 Å². The molecule has 0 fully saturated rings. The van der Waals surface area contributed by atoms with Crippen molar-refractivity contribution in [3.05, 3.63) is 41.8 Å². The summed E-state index contributed by atoms with van der Waals surface area (Å²) in [7, 11) is 1.93. The highest BCUT2D eigenvalue weighted by Gasteiger charge is 2.14. The quantitative estimate of drug-likeness (QED) is 0.749. The fourth-order valence-corrected chi connectivity index (χ4v) is 2.27. The number of aromatic nitrogens is 5. The van der Waals surface area contributed by atoms with Crippen LogP contribution < -0.4 is 5.32 Å². The van der Waals surface area contributed by atoms with E-state index in [4.69, 9.17) is 4.42 Å². The van der Waals surface area contributed by atoms with Crippen molar-refractivity contribution in [2.75, 3.05) is 0 Å². The molecule has 0 aliphatic carbocycles. The first-order valence-electron chi connectivity index (χ1n) is 6.81. The highest BCUT2D eigenvalue weighted by molar-refractivity contribution is 5.56. The van der Waals surface area contributed by atoms with E-state index < -0.39 is 0 Å². The van der Waals surface area contributed by atoms with Crippen molar-refractivity contribution in [2.24, 2.45) is 7.05 Å². The Balaban J connectivity index is 1.72. The SMILES string of the molecule is Cc1ccc(-c2[nH]ncc2CNC(C)c2nncn2C)o1. The molecule has 0 saturated carbocycles. The molecule has 0 radical (unpaired) electrons. The van der Waals surface area contributed by atoms with Gasteiger partial charge in [-0.1, -0.05) is 0 Å². The molecule has 2 N–H and O–H groups in total. The lowest BCUT2D eigenvalue weighted by atomic mass is 10.2. The summed E-state index contributed by atoms with van der Waals surface area (Å²) < 4.78 is 7.55. The number of nitrogens with one attached hydrogen (secondary N) is 2. The van der Waals surface area contributed by atoms with E-state index >= 15 is 0 Å². The molecule has 21 heavy (non-hydrogen) atoms. The highest BCUT2D eigenvalue weighted by Crippen LogP contribution is 2.23. The van der Waals surface area contributed by atoms with Crippen molar-refractivity contribution in [3.8, 4) is 11.5 Å². The van der Waals surface area contributed by atoms with Gasteiger partial charge in [-0.3, -0.25) is 5.10 Å². The van der Waals surface area contributed by atoms with Crippen molar-refractivity contribution < 1.29 is 4.42 Å². The van der Waals surface area contributed by atoms with Gasteiger partial charge < -0.3 is 14.3 Å². The molecule has 7 nitrogen and oxygen atoms in total. The summed E-state index contributed by atoms with van der Waals surface area (Å²) in [6.07, 6.45) is 3.51. The molecule has 0 amide bonds. The fourth-order valence-electron chi connectivity index (χ4n) is 2.27. The van der Waals surface area contributed by atoms with Crippen LogP contribution in [-0.4, -0.2) is 25.0 Å². The second-order valence-corrected chi connectivity index (χ2v) is 5.08. The Hall–Kier alpha value is -2.41. The number of aromatic amines is 1. The molecule has 0 spiro atoms. The number of furan rings is 1. The predicted molar refractivity (Wildman–Crippen MR) is 77.3 cm³/mol. The van der Waals surface area contributed by atoms with Crippen LogP contribution in [0.4, 0.5) is 0 Å². The maximum absolute atomic E-state index is 5.64. The van der Waals surface area contributed by atoms with Gasteiger partial charge in [0.25, 0.3) is 0 Å². The monoisotopic (exact) mass is 286 g/mol. The van der Waals surface area contributed by atoms with Crippen LogP contribution in [0, 0.1) is 6.92 Å². The van der Waals surface area contributed by atoms with Crippen LogP contribution in [-0.2, 0) is 13.6 Å². The van der Waals surface area contributed by atoms with E-state index in [1.54, 1.807) is 6.33 Å². The molecule has 7 heteroatoms. The molecule has 3 aromatic heterocycles. The Morgan fingerprint density at radius 1 is 1.43 bits per heavy atom. The van der Waals surface area contributed by atoms with Crippen molar-refractivity contribution in [1.29, 1.82) is 0 Å². The van der Waals surface area contributed by atoms with Gasteiger partial charge in [0.15, 0.2) is 5.76 Å². The average Bonchev–Trinajstić information content (AvgIpc) is 3.16. The number of hydrogen-bond donors (Lipinski definition) is 2. The van der Waals surface area contributed by atoms with Crippen LogP contribution in [0.3, 0.4) is 0 Å². The van der Waals surface area contributed by atoms with Gasteiger partial charge in [0.05, 0.1) is 12.2 Å². The first-order valence-corrected chi connectivity index (χ1v) is 6.81. The van der Waals surface area contributed by atoms with E-state index in [1.165, 1.54) is 0 Å². The van der Waals surface area contributed by atoms with Crippen LogP contribution in [0.1, 0.15) is 30.1 Å². The molecular weight excluding hydrogens is 268 g/mol. The molecule has 3 rings (SSSR count). The Morgan fingerprint density at radius 3 is 2.95 bits per heavy atom. The number of hydrogen-bond acceptors (Lipinski definition) is 5. The Morgan fingerprint density at radius 2 is 2.29 bits per heavy atom. The van der Waals surface area contributed by atoms with E-state index in [0.29, 0.717) is 6.54 Å². The molecule has 3 heterocycles. The van der Waals surface area contributed by atoms with Crippen molar-refractivity contribution >= 4 is 0 Å². The second-order valence-electron chi connectivity index (χ2n) is 5.08. The van der Waals surface area contributed by atoms with Crippen LogP contribution in [0.15, 0.2) is 29.1 Å². The average molecular weight is 286 g/mol. The summed E-state index contributed by atoms with van der Waals surface area (Å²) in [5.41, 5.74) is 1.96. The van der Waals surface area contributed by atoms with Gasteiger partial charge in [-0.15, -0.1) is 10.2 Å². The lowest BCUT2D eigenvalue weighted by Gasteiger charge is -2.12. The Kier molecular flexibility index (Phi) is 3.57. The minimum Gasteiger partial charge on any atom is -0.460 e. The zero-order chi connectivity index (χ0) is 14.8. The molecule has 3 aromatic rings.